The normalized spacial score (nSPS) is 12.1. The molecule has 0 radical (unpaired) electrons. The quantitative estimate of drug-likeness (QED) is 0.715. The van der Waals surface area contributed by atoms with Gasteiger partial charge in [0, 0.05) is 11.3 Å². The van der Waals surface area contributed by atoms with Gasteiger partial charge in [-0.3, -0.25) is 5.10 Å². The number of unbranched alkanes of at least 4 members (excludes halogenated alkanes) is 3. The minimum atomic E-state index is 0.259. The SMILES string of the molecule is CCCCCCC(C)(C)c1c(C)n[nH]c1C. The Morgan fingerprint density at radius 2 is 1.81 bits per heavy atom. The van der Waals surface area contributed by atoms with Gasteiger partial charge in [0.2, 0.25) is 0 Å². The molecule has 16 heavy (non-hydrogen) atoms. The Kier molecular flexibility index (Phi) is 4.57. The molecule has 92 valence electrons. The Hall–Kier alpha value is -0.790. The number of hydrogen-bond acceptors (Lipinski definition) is 1. The molecular formula is C14H26N2. The van der Waals surface area contributed by atoms with E-state index in [4.69, 9.17) is 0 Å². The maximum Gasteiger partial charge on any atom is 0.0631 e. The first kappa shape index (κ1) is 13.3. The fourth-order valence-electron chi connectivity index (χ4n) is 2.67. The Balaban J connectivity index is 2.63. The summed E-state index contributed by atoms with van der Waals surface area (Å²) < 4.78 is 0. The summed E-state index contributed by atoms with van der Waals surface area (Å²) in [6.07, 6.45) is 6.61. The first-order chi connectivity index (χ1) is 7.49. The monoisotopic (exact) mass is 222 g/mol. The van der Waals surface area contributed by atoms with Crippen molar-refractivity contribution in [1.29, 1.82) is 0 Å². The van der Waals surface area contributed by atoms with Crippen LogP contribution < -0.4 is 0 Å². The zero-order valence-corrected chi connectivity index (χ0v) is 11.5. The second-order valence-electron chi connectivity index (χ2n) is 5.50. The lowest BCUT2D eigenvalue weighted by Crippen LogP contribution is -2.18. The maximum atomic E-state index is 4.30. The second kappa shape index (κ2) is 5.51. The molecule has 0 saturated carbocycles. The van der Waals surface area contributed by atoms with Crippen molar-refractivity contribution >= 4 is 0 Å². The van der Waals surface area contributed by atoms with Gasteiger partial charge in [0.1, 0.15) is 0 Å². The molecule has 0 bridgehead atoms. The smallest absolute Gasteiger partial charge is 0.0631 e. The van der Waals surface area contributed by atoms with E-state index in [-0.39, 0.29) is 5.41 Å². The molecule has 0 saturated heterocycles. The minimum absolute atomic E-state index is 0.259. The molecule has 0 aliphatic carbocycles. The third-order valence-corrected chi connectivity index (χ3v) is 3.46. The van der Waals surface area contributed by atoms with Gasteiger partial charge in [-0.1, -0.05) is 46.5 Å². The number of nitrogens with one attached hydrogen (secondary N) is 1. The summed E-state index contributed by atoms with van der Waals surface area (Å²) in [7, 11) is 0. The van der Waals surface area contributed by atoms with Crippen LogP contribution in [0.1, 0.15) is 69.8 Å². The van der Waals surface area contributed by atoms with Gasteiger partial charge in [-0.15, -0.1) is 0 Å². The average molecular weight is 222 g/mol. The van der Waals surface area contributed by atoms with E-state index in [1.54, 1.807) is 0 Å². The number of hydrogen-bond donors (Lipinski definition) is 1. The molecule has 0 aromatic carbocycles. The lowest BCUT2D eigenvalue weighted by molar-refractivity contribution is 0.442. The topological polar surface area (TPSA) is 28.7 Å². The average Bonchev–Trinajstić information content (AvgIpc) is 2.54. The molecule has 2 heteroatoms. The highest BCUT2D eigenvalue weighted by Crippen LogP contribution is 2.32. The van der Waals surface area contributed by atoms with E-state index in [1.807, 2.05) is 0 Å². The number of nitrogens with zero attached hydrogens (tertiary/aromatic N) is 1. The zero-order valence-electron chi connectivity index (χ0n) is 11.5. The highest BCUT2D eigenvalue weighted by Gasteiger charge is 2.25. The molecule has 1 heterocycles. The second-order valence-corrected chi connectivity index (χ2v) is 5.50. The van der Waals surface area contributed by atoms with E-state index < -0.39 is 0 Å². The summed E-state index contributed by atoms with van der Waals surface area (Å²) >= 11 is 0. The molecule has 1 rings (SSSR count). The number of rotatable bonds is 6. The van der Waals surface area contributed by atoms with Gasteiger partial charge in [-0.05, 0) is 25.7 Å². The molecule has 2 nitrogen and oxygen atoms in total. The van der Waals surface area contributed by atoms with Gasteiger partial charge in [0.05, 0.1) is 5.69 Å². The standard InChI is InChI=1S/C14H26N2/c1-6-7-8-9-10-14(4,5)13-11(2)15-16-12(13)3/h6-10H2,1-5H3,(H,15,16). The lowest BCUT2D eigenvalue weighted by Gasteiger charge is -2.25. The van der Waals surface area contributed by atoms with Crippen LogP contribution in [0.15, 0.2) is 0 Å². The summed E-state index contributed by atoms with van der Waals surface area (Å²) in [6, 6.07) is 0. The van der Waals surface area contributed by atoms with Crippen molar-refractivity contribution in [3.8, 4) is 0 Å². The van der Waals surface area contributed by atoms with Gasteiger partial charge >= 0.3 is 0 Å². The third-order valence-electron chi connectivity index (χ3n) is 3.46. The van der Waals surface area contributed by atoms with Crippen LogP contribution in [0.4, 0.5) is 0 Å². The highest BCUT2D eigenvalue weighted by atomic mass is 15.1. The van der Waals surface area contributed by atoms with E-state index in [2.05, 4.69) is 44.8 Å². The fraction of sp³-hybridized carbons (Fsp3) is 0.786. The summed E-state index contributed by atoms with van der Waals surface area (Å²) in [5.41, 5.74) is 4.08. The van der Waals surface area contributed by atoms with Crippen molar-refractivity contribution in [3.63, 3.8) is 0 Å². The molecule has 0 amide bonds. The Morgan fingerprint density at radius 1 is 1.12 bits per heavy atom. The van der Waals surface area contributed by atoms with Crippen LogP contribution in [0.25, 0.3) is 0 Å². The van der Waals surface area contributed by atoms with Crippen molar-refractivity contribution in [1.82, 2.24) is 10.2 Å². The van der Waals surface area contributed by atoms with Crippen LogP contribution in [0.2, 0.25) is 0 Å². The van der Waals surface area contributed by atoms with Crippen LogP contribution in [-0.2, 0) is 5.41 Å². The predicted molar refractivity (Wildman–Crippen MR) is 69.8 cm³/mol. The van der Waals surface area contributed by atoms with Crippen molar-refractivity contribution in [2.24, 2.45) is 0 Å². The predicted octanol–water partition coefficient (Wildman–Crippen LogP) is 4.27. The van der Waals surface area contributed by atoms with E-state index in [0.717, 1.165) is 5.69 Å². The van der Waals surface area contributed by atoms with Crippen LogP contribution in [0.3, 0.4) is 0 Å². The summed E-state index contributed by atoms with van der Waals surface area (Å²) in [4.78, 5) is 0. The van der Waals surface area contributed by atoms with E-state index in [1.165, 1.54) is 43.4 Å². The lowest BCUT2D eigenvalue weighted by atomic mass is 9.79. The van der Waals surface area contributed by atoms with Crippen molar-refractivity contribution in [2.45, 2.75) is 72.1 Å². The van der Waals surface area contributed by atoms with Crippen molar-refractivity contribution < 1.29 is 0 Å². The largest absolute Gasteiger partial charge is 0.282 e. The molecule has 1 aromatic heterocycles. The van der Waals surface area contributed by atoms with Gasteiger partial charge in [-0.25, -0.2) is 0 Å². The van der Waals surface area contributed by atoms with Crippen molar-refractivity contribution in [3.05, 3.63) is 17.0 Å². The molecule has 0 spiro atoms. The summed E-state index contributed by atoms with van der Waals surface area (Å²) in [5.74, 6) is 0. The van der Waals surface area contributed by atoms with Gasteiger partial charge in [0.25, 0.3) is 0 Å². The first-order valence-electron chi connectivity index (χ1n) is 6.51. The fourth-order valence-corrected chi connectivity index (χ4v) is 2.67. The van der Waals surface area contributed by atoms with E-state index in [0.29, 0.717) is 0 Å². The highest BCUT2D eigenvalue weighted by molar-refractivity contribution is 5.31. The molecule has 1 N–H and O–H groups in total. The molecular weight excluding hydrogens is 196 g/mol. The molecule has 0 aliphatic rings. The third kappa shape index (κ3) is 3.10. The minimum Gasteiger partial charge on any atom is -0.282 e. The number of H-pyrrole nitrogens is 1. The van der Waals surface area contributed by atoms with Gasteiger partial charge in [-0.2, -0.15) is 5.10 Å². The number of aromatic amines is 1. The van der Waals surface area contributed by atoms with E-state index in [9.17, 15) is 0 Å². The van der Waals surface area contributed by atoms with E-state index >= 15 is 0 Å². The van der Waals surface area contributed by atoms with Crippen LogP contribution >= 0.6 is 0 Å². The van der Waals surface area contributed by atoms with Crippen LogP contribution in [-0.4, -0.2) is 10.2 Å². The summed E-state index contributed by atoms with van der Waals surface area (Å²) in [5, 5.41) is 7.40. The first-order valence-corrected chi connectivity index (χ1v) is 6.51. The van der Waals surface area contributed by atoms with Crippen molar-refractivity contribution in [2.75, 3.05) is 0 Å². The molecule has 0 unspecified atom stereocenters. The number of aryl methyl sites for hydroxylation is 2. The molecule has 0 aliphatic heterocycles. The maximum absolute atomic E-state index is 4.30. The van der Waals surface area contributed by atoms with Gasteiger partial charge < -0.3 is 0 Å². The molecule has 0 atom stereocenters. The summed E-state index contributed by atoms with van der Waals surface area (Å²) in [6.45, 7) is 11.2. The van der Waals surface area contributed by atoms with Gasteiger partial charge in [0.15, 0.2) is 0 Å². The Bertz CT molecular complexity index is 304. The molecule has 1 aromatic rings. The Labute approximate surface area is 99.8 Å². The molecule has 0 fully saturated rings. The number of aromatic nitrogens is 2. The van der Waals surface area contributed by atoms with Crippen LogP contribution in [0.5, 0.6) is 0 Å². The zero-order chi connectivity index (χ0) is 12.2. The Morgan fingerprint density at radius 3 is 2.31 bits per heavy atom. The van der Waals surface area contributed by atoms with Crippen LogP contribution in [0, 0.1) is 13.8 Å².